The van der Waals surface area contributed by atoms with Gasteiger partial charge >= 0.3 is 6.09 Å². The number of likely N-dealkylation sites (N-methyl/N-ethyl adjacent to an activating group) is 1. The first-order chi connectivity index (χ1) is 17.9. The lowest BCUT2D eigenvalue weighted by atomic mass is 9.84. The summed E-state index contributed by atoms with van der Waals surface area (Å²) in [5.74, 6) is 0.900. The van der Waals surface area contributed by atoms with Gasteiger partial charge in [0, 0.05) is 19.2 Å². The first-order valence-electron chi connectivity index (χ1n) is 12.5. The normalized spacial score (nSPS) is 16.0. The largest absolute Gasteiger partial charge is 0.495 e. The molecule has 0 radical (unpaired) electrons. The van der Waals surface area contributed by atoms with Crippen molar-refractivity contribution in [2.45, 2.75) is 53.1 Å². The molecular formula is C26H37N7O5. The predicted octanol–water partition coefficient (Wildman–Crippen LogP) is 3.05. The second-order valence-electron chi connectivity index (χ2n) is 10.0. The van der Waals surface area contributed by atoms with Crippen LogP contribution >= 0.6 is 0 Å². The van der Waals surface area contributed by atoms with Crippen LogP contribution in [-0.2, 0) is 9.53 Å². The number of carbonyl (C=O) groups excluding carboxylic acids is 3. The molecule has 4 N–H and O–H groups in total. The summed E-state index contributed by atoms with van der Waals surface area (Å²) in [5, 5.41) is 5.93. The van der Waals surface area contributed by atoms with Gasteiger partial charge in [-0.15, -0.1) is 0 Å². The van der Waals surface area contributed by atoms with Crippen LogP contribution in [0, 0.1) is 5.41 Å². The van der Waals surface area contributed by atoms with Gasteiger partial charge in [0.2, 0.25) is 11.9 Å². The molecule has 0 fully saturated rings. The Morgan fingerprint density at radius 3 is 2.53 bits per heavy atom. The fraction of sp³-hybridized carbons (Fsp3) is 0.500. The Morgan fingerprint density at radius 2 is 1.95 bits per heavy atom. The number of anilines is 4. The number of hydrogen-bond acceptors (Lipinski definition) is 9. The third-order valence-corrected chi connectivity index (χ3v) is 6.46. The van der Waals surface area contributed by atoms with Crippen molar-refractivity contribution in [3.05, 3.63) is 30.0 Å². The van der Waals surface area contributed by atoms with Gasteiger partial charge in [0.15, 0.2) is 5.82 Å². The summed E-state index contributed by atoms with van der Waals surface area (Å²) in [5.41, 5.74) is 6.41. The molecule has 1 aromatic carbocycles. The molecule has 0 aliphatic carbocycles. The number of carbonyl (C=O) groups is 3. The summed E-state index contributed by atoms with van der Waals surface area (Å²) >= 11 is 0. The summed E-state index contributed by atoms with van der Waals surface area (Å²) in [6.07, 6.45) is 1.19. The molecule has 12 nitrogen and oxygen atoms in total. The van der Waals surface area contributed by atoms with E-state index >= 15 is 0 Å². The smallest absolute Gasteiger partial charge is 0.404 e. The quantitative estimate of drug-likeness (QED) is 0.447. The summed E-state index contributed by atoms with van der Waals surface area (Å²) < 4.78 is 10.7. The van der Waals surface area contributed by atoms with Crippen molar-refractivity contribution >= 4 is 41.0 Å². The predicted molar refractivity (Wildman–Crippen MR) is 145 cm³/mol. The zero-order valence-electron chi connectivity index (χ0n) is 23.0. The van der Waals surface area contributed by atoms with E-state index < -0.39 is 23.6 Å². The van der Waals surface area contributed by atoms with E-state index in [0.29, 0.717) is 41.5 Å². The van der Waals surface area contributed by atoms with Crippen molar-refractivity contribution in [2.75, 3.05) is 42.4 Å². The number of amides is 3. The molecule has 3 rings (SSSR count). The highest BCUT2D eigenvalue weighted by Gasteiger charge is 2.44. The molecule has 0 saturated heterocycles. The molecule has 0 saturated carbocycles. The third-order valence-electron chi connectivity index (χ3n) is 6.46. The Bertz CT molecular complexity index is 1200. The highest BCUT2D eigenvalue weighted by Crippen LogP contribution is 2.40. The van der Waals surface area contributed by atoms with Gasteiger partial charge in [-0.2, -0.15) is 4.98 Å². The van der Waals surface area contributed by atoms with E-state index in [2.05, 4.69) is 15.6 Å². The highest BCUT2D eigenvalue weighted by atomic mass is 16.5. The molecule has 1 aliphatic heterocycles. The Labute approximate surface area is 222 Å². The van der Waals surface area contributed by atoms with Crippen LogP contribution in [0.2, 0.25) is 0 Å². The van der Waals surface area contributed by atoms with E-state index in [4.69, 9.17) is 20.2 Å². The first kappa shape index (κ1) is 28.5. The number of benzene rings is 1. The topological polar surface area (TPSA) is 152 Å². The Kier molecular flexibility index (Phi) is 8.64. The number of ether oxygens (including phenoxy) is 2. The maximum atomic E-state index is 13.3. The fourth-order valence-electron chi connectivity index (χ4n) is 4.43. The molecule has 0 spiro atoms. The summed E-state index contributed by atoms with van der Waals surface area (Å²) in [7, 11) is 3.20. The highest BCUT2D eigenvalue weighted by molar-refractivity contribution is 6.04. The number of fused-ring (bicyclic) bond motifs is 1. The number of primary amides is 1. The molecule has 2 aromatic rings. The molecule has 3 amide bonds. The maximum Gasteiger partial charge on any atom is 0.404 e. The van der Waals surface area contributed by atoms with Crippen molar-refractivity contribution in [3.8, 4) is 5.75 Å². The van der Waals surface area contributed by atoms with Crippen molar-refractivity contribution in [3.63, 3.8) is 0 Å². The van der Waals surface area contributed by atoms with Crippen LogP contribution in [0.15, 0.2) is 24.4 Å². The third kappa shape index (κ3) is 5.90. The van der Waals surface area contributed by atoms with Gasteiger partial charge in [-0.1, -0.05) is 27.7 Å². The van der Waals surface area contributed by atoms with Crippen LogP contribution in [0.25, 0.3) is 0 Å². The SMILES string of the molecule is CCNC(=O)c1ccc(Nc2ncc3c(n2)N(C(COC(N)=O)C(C)(C)C)C(CC)C(=O)N3C)c(OC)c1. The minimum Gasteiger partial charge on any atom is -0.495 e. The van der Waals surface area contributed by atoms with Gasteiger partial charge < -0.3 is 35.6 Å². The number of nitrogens with zero attached hydrogens (tertiary/aromatic N) is 4. The molecule has 38 heavy (non-hydrogen) atoms. The zero-order valence-corrected chi connectivity index (χ0v) is 23.0. The Balaban J connectivity index is 2.07. The molecule has 1 aliphatic rings. The van der Waals surface area contributed by atoms with Gasteiger partial charge in [0.1, 0.15) is 24.1 Å². The average Bonchev–Trinajstić information content (AvgIpc) is 2.86. The Morgan fingerprint density at radius 1 is 1.24 bits per heavy atom. The van der Waals surface area contributed by atoms with Crippen molar-refractivity contribution in [1.29, 1.82) is 0 Å². The van der Waals surface area contributed by atoms with Crippen molar-refractivity contribution in [1.82, 2.24) is 15.3 Å². The average molecular weight is 528 g/mol. The van der Waals surface area contributed by atoms with Crippen LogP contribution in [0.1, 0.15) is 51.4 Å². The number of rotatable bonds is 9. The second kappa shape index (κ2) is 11.5. The molecule has 2 atom stereocenters. The lowest BCUT2D eigenvalue weighted by molar-refractivity contribution is -0.120. The van der Waals surface area contributed by atoms with E-state index in [1.54, 1.807) is 36.3 Å². The summed E-state index contributed by atoms with van der Waals surface area (Å²) in [6.45, 7) is 10.3. The standard InChI is InChI=1S/C26H37N7O5/c1-8-17-23(35)32(6)18-13-29-25(30-16-11-10-15(12-19(16)37-7)22(34)28-9-2)31-21(18)33(17)20(26(3,4)5)14-38-24(27)36/h10-13,17,20H,8-9,14H2,1-7H3,(H2,27,36)(H,28,34)(H,29,30,31). The van der Waals surface area contributed by atoms with Gasteiger partial charge in [-0.05, 0) is 37.0 Å². The first-order valence-corrected chi connectivity index (χ1v) is 12.5. The number of hydrogen-bond donors (Lipinski definition) is 3. The fourth-order valence-corrected chi connectivity index (χ4v) is 4.43. The zero-order chi connectivity index (χ0) is 28.2. The van der Waals surface area contributed by atoms with Crippen LogP contribution < -0.4 is 30.9 Å². The van der Waals surface area contributed by atoms with Gasteiger partial charge in [-0.3, -0.25) is 9.59 Å². The lowest BCUT2D eigenvalue weighted by Crippen LogP contribution is -2.60. The van der Waals surface area contributed by atoms with Crippen molar-refractivity contribution < 1.29 is 23.9 Å². The number of methoxy groups -OCH3 is 1. The summed E-state index contributed by atoms with van der Waals surface area (Å²) in [6, 6.07) is 4.07. The summed E-state index contributed by atoms with van der Waals surface area (Å²) in [4.78, 5) is 49.7. The molecule has 1 aromatic heterocycles. The Hall–Kier alpha value is -4.09. The molecule has 2 unspecified atom stereocenters. The number of nitrogens with one attached hydrogen (secondary N) is 2. The van der Waals surface area contributed by atoms with Crippen molar-refractivity contribution in [2.24, 2.45) is 11.1 Å². The maximum absolute atomic E-state index is 13.3. The molecule has 12 heteroatoms. The van der Waals surface area contributed by atoms with E-state index in [1.807, 2.05) is 39.5 Å². The minimum atomic E-state index is -0.888. The van der Waals surface area contributed by atoms with E-state index in [1.165, 1.54) is 7.11 Å². The molecule has 0 bridgehead atoms. The van der Waals surface area contributed by atoms with E-state index in [9.17, 15) is 14.4 Å². The van der Waals surface area contributed by atoms with Gasteiger partial charge in [0.25, 0.3) is 5.91 Å². The van der Waals surface area contributed by atoms with Crippen LogP contribution in [0.5, 0.6) is 5.75 Å². The van der Waals surface area contributed by atoms with E-state index in [0.717, 1.165) is 0 Å². The van der Waals surface area contributed by atoms with Crippen LogP contribution in [0.3, 0.4) is 0 Å². The number of aromatic nitrogens is 2. The minimum absolute atomic E-state index is 0.0202. The monoisotopic (exact) mass is 527 g/mol. The molecule has 2 heterocycles. The number of nitrogens with two attached hydrogens (primary N) is 1. The lowest BCUT2D eigenvalue weighted by Gasteiger charge is -2.48. The second-order valence-corrected chi connectivity index (χ2v) is 10.0. The van der Waals surface area contributed by atoms with E-state index in [-0.39, 0.29) is 24.4 Å². The molecular weight excluding hydrogens is 490 g/mol. The van der Waals surface area contributed by atoms with Crippen LogP contribution in [-0.4, -0.2) is 67.3 Å². The van der Waals surface area contributed by atoms with Crippen LogP contribution in [0.4, 0.5) is 27.9 Å². The van der Waals surface area contributed by atoms with Gasteiger partial charge in [0.05, 0.1) is 25.0 Å². The molecule has 206 valence electrons. The van der Waals surface area contributed by atoms with Gasteiger partial charge in [-0.25, -0.2) is 9.78 Å².